The minimum atomic E-state index is -1.20. The van der Waals surface area contributed by atoms with Crippen molar-refractivity contribution in [2.24, 2.45) is 0 Å². The lowest BCUT2D eigenvalue weighted by molar-refractivity contribution is -0.131. The van der Waals surface area contributed by atoms with Crippen molar-refractivity contribution in [1.82, 2.24) is 0 Å². The third-order valence-electron chi connectivity index (χ3n) is 2.02. The number of carbonyl (C=O) groups excluding carboxylic acids is 2. The molecule has 0 spiro atoms. The van der Waals surface area contributed by atoms with Crippen LogP contribution in [0.1, 0.15) is 34.6 Å². The van der Waals surface area contributed by atoms with Gasteiger partial charge in [-0.05, 0) is 31.2 Å². The highest BCUT2D eigenvalue weighted by Crippen LogP contribution is 2.18. The van der Waals surface area contributed by atoms with Gasteiger partial charge in [0.05, 0.1) is 5.56 Å². The number of rotatable bonds is 4. The number of ether oxygens (including phenoxy) is 1. The molecule has 0 aliphatic rings. The summed E-state index contributed by atoms with van der Waals surface area (Å²) >= 11 is 0. The molecular formula is C13H12O5. The largest absolute Gasteiger partial charge is 0.478 e. The van der Waals surface area contributed by atoms with Crippen LogP contribution < -0.4 is 4.74 Å². The molecule has 0 aliphatic carbocycles. The fourth-order valence-corrected chi connectivity index (χ4v) is 1.34. The number of carboxylic acid groups (broad SMARTS) is 1. The zero-order valence-electron chi connectivity index (χ0n) is 9.97. The zero-order valence-corrected chi connectivity index (χ0v) is 9.97. The van der Waals surface area contributed by atoms with Gasteiger partial charge in [-0.25, -0.2) is 4.79 Å². The van der Waals surface area contributed by atoms with Gasteiger partial charge in [-0.2, -0.15) is 0 Å². The Morgan fingerprint density at radius 1 is 1.17 bits per heavy atom. The molecule has 94 valence electrons. The fourth-order valence-electron chi connectivity index (χ4n) is 1.34. The molecule has 0 unspecified atom stereocenters. The molecule has 0 aliphatic heterocycles. The van der Waals surface area contributed by atoms with Crippen LogP contribution in [0.5, 0.6) is 5.75 Å². The van der Waals surface area contributed by atoms with Gasteiger partial charge in [0.15, 0.2) is 5.78 Å². The van der Waals surface area contributed by atoms with Crippen LogP contribution in [0.15, 0.2) is 30.4 Å². The maximum absolute atomic E-state index is 11.6. The molecule has 1 aromatic rings. The molecule has 1 aromatic carbocycles. The van der Waals surface area contributed by atoms with Crippen LogP contribution in [0.4, 0.5) is 0 Å². The number of aromatic carboxylic acids is 1. The maximum Gasteiger partial charge on any atom is 0.335 e. The average molecular weight is 248 g/mol. The molecule has 0 saturated heterocycles. The Morgan fingerprint density at radius 2 is 1.78 bits per heavy atom. The van der Waals surface area contributed by atoms with Crippen molar-refractivity contribution in [2.75, 3.05) is 0 Å². The predicted molar refractivity (Wildman–Crippen MR) is 63.9 cm³/mol. The third-order valence-corrected chi connectivity index (χ3v) is 2.02. The summed E-state index contributed by atoms with van der Waals surface area (Å²) in [4.78, 5) is 33.4. The first-order valence-electron chi connectivity index (χ1n) is 5.18. The van der Waals surface area contributed by atoms with Gasteiger partial charge in [-0.1, -0.05) is 6.08 Å². The van der Waals surface area contributed by atoms with Gasteiger partial charge in [0.1, 0.15) is 5.75 Å². The van der Waals surface area contributed by atoms with Gasteiger partial charge < -0.3 is 9.84 Å². The van der Waals surface area contributed by atoms with Crippen LogP contribution in [0.2, 0.25) is 0 Å². The summed E-state index contributed by atoms with van der Waals surface area (Å²) in [6.07, 6.45) is 2.85. The smallest absolute Gasteiger partial charge is 0.335 e. The summed E-state index contributed by atoms with van der Waals surface area (Å²) in [6.45, 7) is 2.87. The fraction of sp³-hybridized carbons (Fsp3) is 0.154. The molecule has 0 aromatic heterocycles. The van der Waals surface area contributed by atoms with E-state index in [0.717, 1.165) is 0 Å². The number of esters is 1. The van der Waals surface area contributed by atoms with Crippen molar-refractivity contribution in [3.8, 4) is 5.75 Å². The Bertz CT molecular complexity index is 528. The van der Waals surface area contributed by atoms with Crippen molar-refractivity contribution in [3.63, 3.8) is 0 Å². The molecule has 0 heterocycles. The predicted octanol–water partition coefficient (Wildman–Crippen LogP) is 2.07. The highest BCUT2D eigenvalue weighted by molar-refractivity contribution is 6.06. The van der Waals surface area contributed by atoms with Crippen molar-refractivity contribution < 1.29 is 24.2 Å². The summed E-state index contributed by atoms with van der Waals surface area (Å²) in [5.74, 6) is -2.09. The van der Waals surface area contributed by atoms with Crippen molar-refractivity contribution in [2.45, 2.75) is 13.8 Å². The normalized spacial score (nSPS) is 10.3. The van der Waals surface area contributed by atoms with Crippen molar-refractivity contribution in [1.29, 1.82) is 0 Å². The number of benzene rings is 1. The molecule has 0 amide bonds. The summed E-state index contributed by atoms with van der Waals surface area (Å²) in [6, 6.07) is 3.75. The van der Waals surface area contributed by atoms with Crippen LogP contribution in [-0.2, 0) is 4.79 Å². The van der Waals surface area contributed by atoms with Gasteiger partial charge in [0.25, 0.3) is 0 Å². The highest BCUT2D eigenvalue weighted by Gasteiger charge is 2.12. The number of hydrogen-bond acceptors (Lipinski definition) is 4. The highest BCUT2D eigenvalue weighted by atomic mass is 16.5. The quantitative estimate of drug-likeness (QED) is 0.382. The van der Waals surface area contributed by atoms with Gasteiger partial charge in [0, 0.05) is 12.5 Å². The Morgan fingerprint density at radius 3 is 2.28 bits per heavy atom. The molecule has 0 bridgehead atoms. The van der Waals surface area contributed by atoms with Gasteiger partial charge in [0.2, 0.25) is 0 Å². The van der Waals surface area contributed by atoms with E-state index in [0.29, 0.717) is 0 Å². The van der Waals surface area contributed by atoms with Gasteiger partial charge in [-0.3, -0.25) is 9.59 Å². The molecule has 0 fully saturated rings. The molecule has 0 saturated carbocycles. The molecular weight excluding hydrogens is 236 g/mol. The second-order valence-electron chi connectivity index (χ2n) is 3.51. The number of carboxylic acids is 1. The third kappa shape index (κ3) is 3.55. The summed E-state index contributed by atoms with van der Waals surface area (Å²) in [5, 5.41) is 8.91. The number of ketones is 1. The second-order valence-corrected chi connectivity index (χ2v) is 3.51. The second kappa shape index (κ2) is 5.77. The Hall–Kier alpha value is -2.43. The lowest BCUT2D eigenvalue weighted by atomic mass is 10.1. The number of hydrogen-bond donors (Lipinski definition) is 1. The van der Waals surface area contributed by atoms with Gasteiger partial charge >= 0.3 is 11.9 Å². The van der Waals surface area contributed by atoms with E-state index in [2.05, 4.69) is 0 Å². The van der Waals surface area contributed by atoms with E-state index in [1.165, 1.54) is 31.2 Å². The molecule has 18 heavy (non-hydrogen) atoms. The lowest BCUT2D eigenvalue weighted by Gasteiger charge is -2.05. The van der Waals surface area contributed by atoms with Crippen molar-refractivity contribution >= 4 is 17.7 Å². The molecule has 5 nitrogen and oxygen atoms in total. The van der Waals surface area contributed by atoms with Crippen molar-refractivity contribution in [3.05, 3.63) is 41.5 Å². The van der Waals surface area contributed by atoms with E-state index in [1.807, 2.05) is 0 Å². The zero-order chi connectivity index (χ0) is 13.7. The van der Waals surface area contributed by atoms with Crippen LogP contribution in [0.3, 0.4) is 0 Å². The standard InChI is InChI=1S/C13H12O5/c1-3-4-12(15)9-5-10(13(16)17)7-11(6-9)18-8(2)14/h3-7H,1-2H3,(H,16,17)/b4-3+. The molecule has 1 rings (SSSR count). The van der Waals surface area contributed by atoms with Crippen LogP contribution in [0.25, 0.3) is 0 Å². The Labute approximate surface area is 104 Å². The van der Waals surface area contributed by atoms with Gasteiger partial charge in [-0.15, -0.1) is 0 Å². The SMILES string of the molecule is C/C=C/C(=O)c1cc(OC(C)=O)cc(C(=O)O)c1. The summed E-state index contributed by atoms with van der Waals surface area (Å²) in [5.41, 5.74) is 0.0471. The first kappa shape index (κ1) is 13.6. The van der Waals surface area contributed by atoms with E-state index in [4.69, 9.17) is 9.84 Å². The van der Waals surface area contributed by atoms with Crippen LogP contribution in [-0.4, -0.2) is 22.8 Å². The topological polar surface area (TPSA) is 80.7 Å². The molecule has 0 radical (unpaired) electrons. The Balaban J connectivity index is 3.25. The minimum Gasteiger partial charge on any atom is -0.478 e. The number of carbonyl (C=O) groups is 3. The van der Waals surface area contributed by atoms with E-state index >= 15 is 0 Å². The minimum absolute atomic E-state index is 0.0373. The number of allylic oxidation sites excluding steroid dienone is 2. The molecule has 5 heteroatoms. The summed E-state index contributed by atoms with van der Waals surface area (Å²) < 4.78 is 4.80. The summed E-state index contributed by atoms with van der Waals surface area (Å²) in [7, 11) is 0. The van der Waals surface area contributed by atoms with E-state index in [1.54, 1.807) is 13.0 Å². The lowest BCUT2D eigenvalue weighted by Crippen LogP contribution is -2.06. The van der Waals surface area contributed by atoms with E-state index in [-0.39, 0.29) is 22.7 Å². The van der Waals surface area contributed by atoms with E-state index in [9.17, 15) is 14.4 Å². The first-order chi connectivity index (χ1) is 8.43. The average Bonchev–Trinajstić information content (AvgIpc) is 2.27. The van der Waals surface area contributed by atoms with E-state index < -0.39 is 11.9 Å². The maximum atomic E-state index is 11.6. The van der Waals surface area contributed by atoms with Crippen LogP contribution in [0, 0.1) is 0 Å². The van der Waals surface area contributed by atoms with Crippen LogP contribution >= 0.6 is 0 Å². The first-order valence-corrected chi connectivity index (χ1v) is 5.18. The Kier molecular flexibility index (Phi) is 4.37. The monoisotopic (exact) mass is 248 g/mol. The molecule has 0 atom stereocenters. The molecule has 1 N–H and O–H groups in total.